The van der Waals surface area contributed by atoms with Crippen LogP contribution in [0.25, 0.3) is 17.5 Å². The van der Waals surface area contributed by atoms with Crippen LogP contribution in [-0.2, 0) is 28.9 Å². The maximum Gasteiger partial charge on any atom is 0.330 e. The standard InChI is InChI=1S/C28H28N2O3/c1-21-26(29-28(33-21)24-9-4-3-5-10-24)12-6-8-22-13-15-23(16-14-22)20-30-19-7-11-25(30)17-18-27(31)32-2/h3-5,7,9-11,13-19H,6,8,12,20H2,1-2H3/b18-17+. The molecule has 4 aromatic rings. The number of oxazole rings is 1. The first-order valence-corrected chi connectivity index (χ1v) is 11.1. The van der Waals surface area contributed by atoms with Gasteiger partial charge in [0.25, 0.3) is 0 Å². The van der Waals surface area contributed by atoms with Gasteiger partial charge in [0.15, 0.2) is 0 Å². The molecule has 2 aromatic heterocycles. The minimum absolute atomic E-state index is 0.357. The number of nitrogens with zero attached hydrogens (tertiary/aromatic N) is 2. The Balaban J connectivity index is 1.31. The lowest BCUT2D eigenvalue weighted by molar-refractivity contribution is -0.134. The van der Waals surface area contributed by atoms with Crippen molar-refractivity contribution in [2.24, 2.45) is 0 Å². The van der Waals surface area contributed by atoms with Gasteiger partial charge in [-0.3, -0.25) is 0 Å². The topological polar surface area (TPSA) is 57.3 Å². The smallest absolute Gasteiger partial charge is 0.330 e. The molecule has 0 aliphatic heterocycles. The third-order valence-electron chi connectivity index (χ3n) is 5.62. The van der Waals surface area contributed by atoms with Gasteiger partial charge < -0.3 is 13.7 Å². The fraction of sp³-hybridized carbons (Fsp3) is 0.214. The molecule has 0 saturated heterocycles. The molecule has 0 spiro atoms. The Bertz CT molecular complexity index is 1220. The Kier molecular flexibility index (Phi) is 7.20. The highest BCUT2D eigenvalue weighted by atomic mass is 16.5. The Labute approximate surface area is 194 Å². The van der Waals surface area contributed by atoms with Crippen LogP contribution in [0.15, 0.2) is 83.4 Å². The summed E-state index contributed by atoms with van der Waals surface area (Å²) in [4.78, 5) is 16.1. The Morgan fingerprint density at radius 2 is 1.76 bits per heavy atom. The van der Waals surface area contributed by atoms with Gasteiger partial charge in [-0.05, 0) is 67.7 Å². The van der Waals surface area contributed by atoms with E-state index in [9.17, 15) is 4.79 Å². The maximum atomic E-state index is 11.3. The van der Waals surface area contributed by atoms with Gasteiger partial charge >= 0.3 is 5.97 Å². The summed E-state index contributed by atoms with van der Waals surface area (Å²) < 4.78 is 12.6. The molecule has 0 radical (unpaired) electrons. The molecule has 0 atom stereocenters. The quantitative estimate of drug-likeness (QED) is 0.242. The van der Waals surface area contributed by atoms with Crippen molar-refractivity contribution in [3.05, 3.63) is 107 Å². The van der Waals surface area contributed by atoms with Gasteiger partial charge in [0.1, 0.15) is 5.76 Å². The largest absolute Gasteiger partial charge is 0.466 e. The number of hydrogen-bond acceptors (Lipinski definition) is 4. The number of aryl methyl sites for hydroxylation is 3. The average molecular weight is 441 g/mol. The minimum Gasteiger partial charge on any atom is -0.466 e. The van der Waals surface area contributed by atoms with E-state index in [0.29, 0.717) is 5.89 Å². The number of hydrogen-bond donors (Lipinski definition) is 0. The van der Waals surface area contributed by atoms with Gasteiger partial charge in [-0.15, -0.1) is 0 Å². The van der Waals surface area contributed by atoms with Crippen LogP contribution >= 0.6 is 0 Å². The van der Waals surface area contributed by atoms with Gasteiger partial charge in [0.05, 0.1) is 12.8 Å². The number of ether oxygens (including phenoxy) is 1. The lowest BCUT2D eigenvalue weighted by atomic mass is 10.0. The lowest BCUT2D eigenvalue weighted by Gasteiger charge is -2.08. The summed E-state index contributed by atoms with van der Waals surface area (Å²) in [5, 5.41) is 0. The molecule has 0 N–H and O–H groups in total. The molecule has 2 aromatic carbocycles. The first-order valence-electron chi connectivity index (χ1n) is 11.1. The van der Waals surface area contributed by atoms with Crippen molar-refractivity contribution in [2.75, 3.05) is 7.11 Å². The fourth-order valence-corrected chi connectivity index (χ4v) is 3.78. The van der Waals surface area contributed by atoms with Crippen LogP contribution < -0.4 is 0 Å². The van der Waals surface area contributed by atoms with Crippen molar-refractivity contribution in [3.8, 4) is 11.5 Å². The molecule has 2 heterocycles. The maximum absolute atomic E-state index is 11.3. The van der Waals surface area contributed by atoms with Crippen molar-refractivity contribution in [2.45, 2.75) is 32.7 Å². The van der Waals surface area contributed by atoms with Crippen LogP contribution in [0.4, 0.5) is 0 Å². The van der Waals surface area contributed by atoms with Gasteiger partial charge in [-0.2, -0.15) is 0 Å². The molecule has 0 fully saturated rings. The summed E-state index contributed by atoms with van der Waals surface area (Å²) in [6, 6.07) is 22.7. The molecule has 0 unspecified atom stereocenters. The molecular formula is C28H28N2O3. The highest BCUT2D eigenvalue weighted by Gasteiger charge is 2.11. The predicted molar refractivity (Wildman–Crippen MR) is 130 cm³/mol. The normalized spacial score (nSPS) is 11.2. The van der Waals surface area contributed by atoms with E-state index in [2.05, 4.69) is 33.6 Å². The Morgan fingerprint density at radius 3 is 2.52 bits per heavy atom. The minimum atomic E-state index is -0.357. The van der Waals surface area contributed by atoms with Crippen LogP contribution in [-0.4, -0.2) is 22.6 Å². The molecular weight excluding hydrogens is 412 g/mol. The van der Waals surface area contributed by atoms with Crippen molar-refractivity contribution in [1.29, 1.82) is 0 Å². The van der Waals surface area contributed by atoms with E-state index in [1.165, 1.54) is 24.3 Å². The number of esters is 1. The SMILES string of the molecule is COC(=O)/C=C/c1cccn1Cc1ccc(CCCc2nc(-c3ccccc3)oc2C)cc1. The highest BCUT2D eigenvalue weighted by Crippen LogP contribution is 2.22. The van der Waals surface area contributed by atoms with Crippen LogP contribution in [0.3, 0.4) is 0 Å². The van der Waals surface area contributed by atoms with Gasteiger partial charge in [0.2, 0.25) is 5.89 Å². The number of benzene rings is 2. The molecule has 168 valence electrons. The zero-order chi connectivity index (χ0) is 23.0. The van der Waals surface area contributed by atoms with E-state index in [1.54, 1.807) is 6.08 Å². The number of rotatable bonds is 9. The summed E-state index contributed by atoms with van der Waals surface area (Å²) in [5.74, 6) is 1.23. The van der Waals surface area contributed by atoms with Crippen LogP contribution in [0.5, 0.6) is 0 Å². The molecule has 4 rings (SSSR count). The number of aromatic nitrogens is 2. The second kappa shape index (κ2) is 10.6. The molecule has 0 bridgehead atoms. The Hall–Kier alpha value is -3.86. The van der Waals surface area contributed by atoms with Crippen LogP contribution in [0, 0.1) is 6.92 Å². The molecule has 5 nitrogen and oxygen atoms in total. The van der Waals surface area contributed by atoms with E-state index in [-0.39, 0.29) is 5.97 Å². The van der Waals surface area contributed by atoms with E-state index in [0.717, 1.165) is 48.5 Å². The number of methoxy groups -OCH3 is 1. The van der Waals surface area contributed by atoms with Gasteiger partial charge in [-0.1, -0.05) is 42.5 Å². The first kappa shape index (κ1) is 22.3. The summed E-state index contributed by atoms with van der Waals surface area (Å²) in [6.45, 7) is 2.73. The van der Waals surface area contributed by atoms with Crippen molar-refractivity contribution < 1.29 is 13.9 Å². The fourth-order valence-electron chi connectivity index (χ4n) is 3.78. The molecule has 0 aliphatic carbocycles. The van der Waals surface area contributed by atoms with E-state index in [1.807, 2.05) is 55.6 Å². The van der Waals surface area contributed by atoms with E-state index in [4.69, 9.17) is 9.40 Å². The summed E-state index contributed by atoms with van der Waals surface area (Å²) in [5.41, 5.74) is 5.52. The zero-order valence-corrected chi connectivity index (χ0v) is 19.0. The summed E-state index contributed by atoms with van der Waals surface area (Å²) in [6.07, 6.45) is 8.12. The van der Waals surface area contributed by atoms with Crippen molar-refractivity contribution in [3.63, 3.8) is 0 Å². The van der Waals surface area contributed by atoms with Crippen LogP contribution in [0.1, 0.15) is 34.7 Å². The molecule has 33 heavy (non-hydrogen) atoms. The molecule has 0 saturated carbocycles. The molecule has 5 heteroatoms. The third-order valence-corrected chi connectivity index (χ3v) is 5.62. The summed E-state index contributed by atoms with van der Waals surface area (Å²) >= 11 is 0. The average Bonchev–Trinajstić information content (AvgIpc) is 3.45. The van der Waals surface area contributed by atoms with Gasteiger partial charge in [-0.25, -0.2) is 9.78 Å². The molecule has 0 aliphatic rings. The number of carbonyl (C=O) groups excluding carboxylic acids is 1. The van der Waals surface area contributed by atoms with Crippen molar-refractivity contribution >= 4 is 12.0 Å². The lowest BCUT2D eigenvalue weighted by Crippen LogP contribution is -2.01. The third kappa shape index (κ3) is 5.89. The van der Waals surface area contributed by atoms with E-state index >= 15 is 0 Å². The highest BCUT2D eigenvalue weighted by molar-refractivity contribution is 5.86. The van der Waals surface area contributed by atoms with Crippen molar-refractivity contribution in [1.82, 2.24) is 9.55 Å². The monoisotopic (exact) mass is 440 g/mol. The second-order valence-electron chi connectivity index (χ2n) is 7.98. The van der Waals surface area contributed by atoms with Gasteiger partial charge in [0, 0.05) is 30.1 Å². The number of carbonyl (C=O) groups is 1. The van der Waals surface area contributed by atoms with Crippen LogP contribution in [0.2, 0.25) is 0 Å². The Morgan fingerprint density at radius 1 is 1.00 bits per heavy atom. The predicted octanol–water partition coefficient (Wildman–Crippen LogP) is 5.86. The molecule has 0 amide bonds. The van der Waals surface area contributed by atoms with E-state index < -0.39 is 0 Å². The second-order valence-corrected chi connectivity index (χ2v) is 7.98. The summed E-state index contributed by atoms with van der Waals surface area (Å²) in [7, 11) is 1.38. The first-order chi connectivity index (χ1) is 16.1. The zero-order valence-electron chi connectivity index (χ0n) is 19.0.